The van der Waals surface area contributed by atoms with E-state index in [4.69, 9.17) is 10.2 Å². The minimum Gasteiger partial charge on any atom is -0.464 e. The molecule has 0 saturated heterocycles. The summed E-state index contributed by atoms with van der Waals surface area (Å²) in [4.78, 5) is 8.11. The number of hydrogen-bond donors (Lipinski definition) is 1. The Hall–Kier alpha value is -2.36. The molecule has 0 radical (unpaired) electrons. The van der Waals surface area contributed by atoms with Gasteiger partial charge in [-0.1, -0.05) is 0 Å². The third-order valence-corrected chi connectivity index (χ3v) is 2.47. The Bertz CT molecular complexity index is 632. The summed E-state index contributed by atoms with van der Waals surface area (Å²) < 4.78 is 5.33. The summed E-state index contributed by atoms with van der Waals surface area (Å²) in [5.41, 5.74) is 7.60. The fourth-order valence-corrected chi connectivity index (χ4v) is 1.67. The molecule has 3 rings (SSSR count). The summed E-state index contributed by atoms with van der Waals surface area (Å²) in [5.74, 6) is 1.29. The van der Waals surface area contributed by atoms with Gasteiger partial charge in [0.25, 0.3) is 0 Å². The molecule has 3 aromatic rings. The van der Waals surface area contributed by atoms with Crippen LogP contribution in [-0.2, 0) is 0 Å². The normalized spacial score (nSPS) is 10.8. The van der Waals surface area contributed by atoms with Crippen LogP contribution in [0.1, 0.15) is 0 Å². The van der Waals surface area contributed by atoms with Crippen molar-refractivity contribution < 1.29 is 4.42 Å². The van der Waals surface area contributed by atoms with Crippen LogP contribution >= 0.6 is 0 Å². The van der Waals surface area contributed by atoms with E-state index in [0.717, 1.165) is 22.2 Å². The highest BCUT2D eigenvalue weighted by Gasteiger charge is 2.04. The maximum atomic E-state index is 5.80. The van der Waals surface area contributed by atoms with Crippen LogP contribution in [0.2, 0.25) is 0 Å². The first-order valence-corrected chi connectivity index (χ1v) is 4.89. The van der Waals surface area contributed by atoms with Crippen molar-refractivity contribution in [3.63, 3.8) is 0 Å². The van der Waals surface area contributed by atoms with E-state index in [1.165, 1.54) is 6.33 Å². The van der Waals surface area contributed by atoms with Crippen LogP contribution in [0.4, 0.5) is 5.82 Å². The molecule has 0 saturated carbocycles. The van der Waals surface area contributed by atoms with Crippen molar-refractivity contribution >= 4 is 16.7 Å². The highest BCUT2D eigenvalue weighted by molar-refractivity contribution is 5.90. The summed E-state index contributed by atoms with van der Waals surface area (Å²) in [6, 6.07) is 9.55. The highest BCUT2D eigenvalue weighted by atomic mass is 16.3. The summed E-state index contributed by atoms with van der Waals surface area (Å²) >= 11 is 0. The van der Waals surface area contributed by atoms with Gasteiger partial charge in [0.05, 0.1) is 11.8 Å². The predicted octanol–water partition coefficient (Wildman–Crippen LogP) is 2.47. The molecule has 2 N–H and O–H groups in total. The van der Waals surface area contributed by atoms with E-state index < -0.39 is 0 Å². The molecule has 0 fully saturated rings. The van der Waals surface area contributed by atoms with Gasteiger partial charge in [0, 0.05) is 10.9 Å². The van der Waals surface area contributed by atoms with Gasteiger partial charge in [-0.15, -0.1) is 0 Å². The smallest absolute Gasteiger partial charge is 0.134 e. The zero-order chi connectivity index (χ0) is 11.0. The Balaban J connectivity index is 2.27. The third-order valence-electron chi connectivity index (χ3n) is 2.47. The molecule has 0 unspecified atom stereocenters. The van der Waals surface area contributed by atoms with Crippen molar-refractivity contribution in [3.8, 4) is 11.3 Å². The summed E-state index contributed by atoms with van der Waals surface area (Å²) in [7, 11) is 0. The van der Waals surface area contributed by atoms with Crippen molar-refractivity contribution in [2.75, 3.05) is 5.73 Å². The van der Waals surface area contributed by atoms with Gasteiger partial charge in [0.2, 0.25) is 0 Å². The number of anilines is 1. The van der Waals surface area contributed by atoms with Crippen molar-refractivity contribution in [3.05, 3.63) is 42.9 Å². The molecule has 0 spiro atoms. The van der Waals surface area contributed by atoms with Crippen molar-refractivity contribution in [1.82, 2.24) is 9.97 Å². The second-order valence-corrected chi connectivity index (χ2v) is 3.47. The number of benzene rings is 1. The van der Waals surface area contributed by atoms with Crippen LogP contribution in [0.3, 0.4) is 0 Å². The number of nitrogens with two attached hydrogens (primary N) is 1. The Morgan fingerprint density at radius 1 is 1.12 bits per heavy atom. The van der Waals surface area contributed by atoms with Crippen molar-refractivity contribution in [1.29, 1.82) is 0 Å². The summed E-state index contributed by atoms with van der Waals surface area (Å²) in [6.07, 6.45) is 3.11. The van der Waals surface area contributed by atoms with Crippen molar-refractivity contribution in [2.24, 2.45) is 0 Å². The Morgan fingerprint density at radius 2 is 2.06 bits per heavy atom. The molecule has 0 aliphatic heterocycles. The van der Waals surface area contributed by atoms with Crippen LogP contribution < -0.4 is 5.73 Å². The van der Waals surface area contributed by atoms with E-state index in [1.807, 2.05) is 30.3 Å². The second-order valence-electron chi connectivity index (χ2n) is 3.47. The molecule has 1 aromatic carbocycles. The lowest BCUT2D eigenvalue weighted by atomic mass is 10.1. The fraction of sp³-hybridized carbons (Fsp3) is 0. The monoisotopic (exact) mass is 211 g/mol. The van der Waals surface area contributed by atoms with Crippen molar-refractivity contribution in [2.45, 2.75) is 0 Å². The minimum absolute atomic E-state index is 0.485. The molecule has 0 amide bonds. The Morgan fingerprint density at radius 3 is 2.88 bits per heavy atom. The van der Waals surface area contributed by atoms with E-state index >= 15 is 0 Å². The topological polar surface area (TPSA) is 64.9 Å². The average Bonchev–Trinajstić information content (AvgIpc) is 2.83. The largest absolute Gasteiger partial charge is 0.464 e. The minimum atomic E-state index is 0.485. The lowest BCUT2D eigenvalue weighted by Crippen LogP contribution is -1.93. The quantitative estimate of drug-likeness (QED) is 0.671. The molecule has 0 aliphatic carbocycles. The maximum Gasteiger partial charge on any atom is 0.134 e. The van der Waals surface area contributed by atoms with Gasteiger partial charge in [0.15, 0.2) is 0 Å². The second kappa shape index (κ2) is 3.34. The zero-order valence-electron chi connectivity index (χ0n) is 8.42. The number of aromatic nitrogens is 2. The highest BCUT2D eigenvalue weighted by Crippen LogP contribution is 2.25. The molecular weight excluding hydrogens is 202 g/mol. The molecule has 0 aliphatic rings. The first-order valence-electron chi connectivity index (χ1n) is 4.89. The number of nitrogen functional groups attached to an aromatic ring is 1. The predicted molar refractivity (Wildman–Crippen MR) is 61.7 cm³/mol. The van der Waals surface area contributed by atoms with Gasteiger partial charge in [-0.05, 0) is 30.3 Å². The number of nitrogens with zero attached hydrogens (tertiary/aromatic N) is 2. The lowest BCUT2D eigenvalue weighted by molar-refractivity contribution is 0.582. The van der Waals surface area contributed by atoms with Crippen LogP contribution in [0, 0.1) is 0 Å². The molecule has 0 bridgehead atoms. The van der Waals surface area contributed by atoms with E-state index in [2.05, 4.69) is 9.97 Å². The zero-order valence-corrected chi connectivity index (χ0v) is 8.42. The van der Waals surface area contributed by atoms with Gasteiger partial charge in [0.1, 0.15) is 17.9 Å². The van der Waals surface area contributed by atoms with Gasteiger partial charge in [-0.3, -0.25) is 0 Å². The van der Waals surface area contributed by atoms with Crippen LogP contribution in [0.25, 0.3) is 22.2 Å². The summed E-state index contributed by atoms with van der Waals surface area (Å²) in [5, 5.41) is 0.844. The standard InChI is InChI=1S/C12H9N3O/c13-12-9-6-8(11-2-1-5-16-11)3-4-10(9)14-7-15-12/h1-7H,(H2,13,14,15). The van der Waals surface area contributed by atoms with E-state index in [1.54, 1.807) is 6.26 Å². The first-order chi connectivity index (χ1) is 7.84. The lowest BCUT2D eigenvalue weighted by Gasteiger charge is -2.02. The Labute approximate surface area is 91.7 Å². The molecule has 78 valence electrons. The SMILES string of the molecule is Nc1ncnc2ccc(-c3ccco3)cc12. The van der Waals surface area contributed by atoms with Crippen LogP contribution in [-0.4, -0.2) is 9.97 Å². The van der Waals surface area contributed by atoms with Crippen LogP contribution in [0.15, 0.2) is 47.3 Å². The molecule has 16 heavy (non-hydrogen) atoms. The fourth-order valence-electron chi connectivity index (χ4n) is 1.67. The number of fused-ring (bicyclic) bond motifs is 1. The van der Waals surface area contributed by atoms with Gasteiger partial charge in [-0.25, -0.2) is 9.97 Å². The Kier molecular flexibility index (Phi) is 1.86. The average molecular weight is 211 g/mol. The number of hydrogen-bond acceptors (Lipinski definition) is 4. The first kappa shape index (κ1) is 8.91. The molecule has 0 atom stereocenters. The molecule has 2 aromatic heterocycles. The van der Waals surface area contributed by atoms with E-state index in [-0.39, 0.29) is 0 Å². The van der Waals surface area contributed by atoms with Gasteiger partial charge < -0.3 is 10.2 Å². The van der Waals surface area contributed by atoms with E-state index in [0.29, 0.717) is 5.82 Å². The molecule has 4 heteroatoms. The summed E-state index contributed by atoms with van der Waals surface area (Å²) in [6.45, 7) is 0. The molecular formula is C12H9N3O. The van der Waals surface area contributed by atoms with E-state index in [9.17, 15) is 0 Å². The van der Waals surface area contributed by atoms with Gasteiger partial charge >= 0.3 is 0 Å². The molecule has 4 nitrogen and oxygen atoms in total. The molecule has 2 heterocycles. The third kappa shape index (κ3) is 1.32. The number of furan rings is 1. The maximum absolute atomic E-state index is 5.80. The number of rotatable bonds is 1. The van der Waals surface area contributed by atoms with Crippen LogP contribution in [0.5, 0.6) is 0 Å². The van der Waals surface area contributed by atoms with Gasteiger partial charge in [-0.2, -0.15) is 0 Å².